The quantitative estimate of drug-likeness (QED) is 0.188. The van der Waals surface area contributed by atoms with Crippen LogP contribution in [0.25, 0.3) is 97.3 Å². The molecule has 0 saturated heterocycles. The lowest BCUT2D eigenvalue weighted by Crippen LogP contribution is -1.90. The van der Waals surface area contributed by atoms with E-state index >= 15 is 0 Å². The topological polar surface area (TPSA) is 26.0 Å². The average molecular weight is 604 g/mol. The Bertz CT molecular complexity index is 2810. The molecule has 0 aliphatic rings. The fourth-order valence-electron chi connectivity index (χ4n) is 7.20. The molecular weight excluding hydrogens is 579 g/mol. The third-order valence-electron chi connectivity index (χ3n) is 9.26. The fraction of sp³-hybridized carbons (Fsp3) is 0. The van der Waals surface area contributed by atoms with Crippen LogP contribution in [0.1, 0.15) is 0 Å². The molecule has 0 atom stereocenters. The Kier molecular flexibility index (Phi) is 5.48. The number of para-hydroxylation sites is 2. The van der Waals surface area contributed by atoms with E-state index in [1.54, 1.807) is 0 Å². The van der Waals surface area contributed by atoms with Gasteiger partial charge in [0.2, 0.25) is 0 Å². The first-order chi connectivity index (χ1) is 22.8. The van der Waals surface area contributed by atoms with Crippen LogP contribution in [0.15, 0.2) is 156 Å². The molecule has 46 heavy (non-hydrogen) atoms. The zero-order valence-electron chi connectivity index (χ0n) is 24.7. The van der Waals surface area contributed by atoms with Crippen molar-refractivity contribution in [1.82, 2.24) is 4.98 Å². The van der Waals surface area contributed by atoms with Crippen LogP contribution < -0.4 is 0 Å². The van der Waals surface area contributed by atoms with Crippen molar-refractivity contribution in [2.75, 3.05) is 0 Å². The summed E-state index contributed by atoms with van der Waals surface area (Å²) in [5, 5.41) is 8.33. The van der Waals surface area contributed by atoms with Gasteiger partial charge in [-0.15, -0.1) is 11.3 Å². The molecule has 0 aliphatic heterocycles. The lowest BCUT2D eigenvalue weighted by atomic mass is 9.94. The number of nitrogens with zero attached hydrogens (tertiary/aromatic N) is 1. The first-order valence-electron chi connectivity index (χ1n) is 15.5. The molecule has 10 rings (SSSR count). The number of hydrogen-bond acceptors (Lipinski definition) is 3. The summed E-state index contributed by atoms with van der Waals surface area (Å²) in [5.41, 5.74) is 9.57. The second kappa shape index (κ2) is 9.87. The molecule has 0 aliphatic carbocycles. The fourth-order valence-corrected chi connectivity index (χ4v) is 8.44. The monoisotopic (exact) mass is 603 g/mol. The molecular formula is C43H25NOS. The standard InChI is InChI=1S/C43H25NOS/c1-2-11-26(12-3-1)41-34-23-24-37-40(39(34)33-16-4-6-21-36(33)44-41)35-20-9-17-29(42(35)45-37)27-13-8-14-28(25-27)30-18-10-19-32-31-15-5-7-22-38(31)46-43(30)32/h1-25H. The molecule has 0 N–H and O–H groups in total. The summed E-state index contributed by atoms with van der Waals surface area (Å²) in [4.78, 5) is 5.15. The smallest absolute Gasteiger partial charge is 0.143 e. The Morgan fingerprint density at radius 1 is 0.457 bits per heavy atom. The van der Waals surface area contributed by atoms with Gasteiger partial charge in [-0.3, -0.25) is 0 Å². The molecule has 2 nitrogen and oxygen atoms in total. The predicted octanol–water partition coefficient (Wildman–Crippen LogP) is 12.7. The molecule has 0 bridgehead atoms. The highest BCUT2D eigenvalue weighted by Crippen LogP contribution is 2.45. The zero-order chi connectivity index (χ0) is 30.2. The van der Waals surface area contributed by atoms with Crippen LogP contribution in [0.4, 0.5) is 0 Å². The predicted molar refractivity (Wildman–Crippen MR) is 196 cm³/mol. The first kappa shape index (κ1) is 25.5. The minimum atomic E-state index is 0.886. The van der Waals surface area contributed by atoms with Crippen molar-refractivity contribution in [2.24, 2.45) is 0 Å². The molecule has 214 valence electrons. The van der Waals surface area contributed by atoms with E-state index < -0.39 is 0 Å². The van der Waals surface area contributed by atoms with Gasteiger partial charge >= 0.3 is 0 Å². The van der Waals surface area contributed by atoms with Crippen LogP contribution in [0.2, 0.25) is 0 Å². The summed E-state index contributed by atoms with van der Waals surface area (Å²) in [7, 11) is 0. The van der Waals surface area contributed by atoms with Gasteiger partial charge in [-0.2, -0.15) is 0 Å². The van der Waals surface area contributed by atoms with Gasteiger partial charge in [-0.05, 0) is 47.0 Å². The molecule has 3 heteroatoms. The van der Waals surface area contributed by atoms with Gasteiger partial charge in [-0.1, -0.05) is 121 Å². The van der Waals surface area contributed by atoms with Crippen LogP contribution >= 0.6 is 11.3 Å². The highest BCUT2D eigenvalue weighted by atomic mass is 32.1. The molecule has 10 aromatic rings. The maximum absolute atomic E-state index is 6.78. The summed E-state index contributed by atoms with van der Waals surface area (Å²) >= 11 is 1.87. The van der Waals surface area contributed by atoms with E-state index in [9.17, 15) is 0 Å². The molecule has 0 radical (unpaired) electrons. The van der Waals surface area contributed by atoms with Crippen LogP contribution in [0.3, 0.4) is 0 Å². The number of fused-ring (bicyclic) bond motifs is 10. The van der Waals surface area contributed by atoms with E-state index in [-0.39, 0.29) is 0 Å². The van der Waals surface area contributed by atoms with Crippen LogP contribution in [-0.4, -0.2) is 4.98 Å². The van der Waals surface area contributed by atoms with Gasteiger partial charge in [0.15, 0.2) is 0 Å². The number of pyridine rings is 1. The Morgan fingerprint density at radius 2 is 1.13 bits per heavy atom. The maximum atomic E-state index is 6.78. The third-order valence-corrected chi connectivity index (χ3v) is 10.5. The first-order valence-corrected chi connectivity index (χ1v) is 16.4. The number of rotatable bonds is 3. The van der Waals surface area contributed by atoms with Gasteiger partial charge in [-0.25, -0.2) is 4.98 Å². The molecule has 3 aromatic heterocycles. The van der Waals surface area contributed by atoms with E-state index in [4.69, 9.17) is 9.40 Å². The molecule has 0 amide bonds. The van der Waals surface area contributed by atoms with Gasteiger partial charge in [0.1, 0.15) is 11.2 Å². The molecule has 0 unspecified atom stereocenters. The number of benzene rings is 7. The van der Waals surface area contributed by atoms with Crippen LogP contribution in [0.5, 0.6) is 0 Å². The van der Waals surface area contributed by atoms with Crippen molar-refractivity contribution >= 4 is 75.1 Å². The van der Waals surface area contributed by atoms with E-state index in [2.05, 4.69) is 146 Å². The summed E-state index contributed by atoms with van der Waals surface area (Å²) in [6, 6.07) is 54.0. The third kappa shape index (κ3) is 3.73. The number of furan rings is 1. The Hall–Kier alpha value is -5.77. The van der Waals surface area contributed by atoms with Crippen molar-refractivity contribution in [3.63, 3.8) is 0 Å². The largest absolute Gasteiger partial charge is 0.455 e. The summed E-state index contributed by atoms with van der Waals surface area (Å²) in [6.45, 7) is 0. The summed E-state index contributed by atoms with van der Waals surface area (Å²) < 4.78 is 9.42. The Labute approximate surface area is 268 Å². The molecule has 0 spiro atoms. The van der Waals surface area contributed by atoms with Crippen LogP contribution in [-0.2, 0) is 0 Å². The van der Waals surface area contributed by atoms with Gasteiger partial charge < -0.3 is 4.42 Å². The molecule has 7 aromatic carbocycles. The highest BCUT2D eigenvalue weighted by Gasteiger charge is 2.19. The van der Waals surface area contributed by atoms with E-state index in [0.717, 1.165) is 60.6 Å². The average Bonchev–Trinajstić information content (AvgIpc) is 3.70. The molecule has 0 saturated carbocycles. The van der Waals surface area contributed by atoms with Gasteiger partial charge in [0, 0.05) is 58.2 Å². The van der Waals surface area contributed by atoms with Crippen molar-refractivity contribution in [2.45, 2.75) is 0 Å². The van der Waals surface area contributed by atoms with Crippen molar-refractivity contribution in [1.29, 1.82) is 0 Å². The van der Waals surface area contributed by atoms with Gasteiger partial charge in [0.05, 0.1) is 11.2 Å². The van der Waals surface area contributed by atoms with E-state index in [1.165, 1.54) is 36.7 Å². The Balaban J connectivity index is 1.22. The number of thiophene rings is 1. The number of aromatic nitrogens is 1. The second-order valence-corrected chi connectivity index (χ2v) is 12.9. The summed E-state index contributed by atoms with van der Waals surface area (Å²) in [6.07, 6.45) is 0. The second-order valence-electron chi connectivity index (χ2n) is 11.9. The SMILES string of the molecule is c1ccc(-c2nc3ccccc3c3c2ccc2oc4c(-c5cccc(-c6cccc7c6sc6ccccc67)c5)cccc4c23)cc1. The van der Waals surface area contributed by atoms with E-state index in [0.29, 0.717) is 0 Å². The summed E-state index contributed by atoms with van der Waals surface area (Å²) in [5.74, 6) is 0. The highest BCUT2D eigenvalue weighted by molar-refractivity contribution is 7.26. The zero-order valence-corrected chi connectivity index (χ0v) is 25.5. The minimum Gasteiger partial charge on any atom is -0.455 e. The lowest BCUT2D eigenvalue weighted by Gasteiger charge is -2.11. The van der Waals surface area contributed by atoms with Crippen molar-refractivity contribution in [3.8, 4) is 33.5 Å². The minimum absolute atomic E-state index is 0.886. The van der Waals surface area contributed by atoms with Crippen molar-refractivity contribution < 1.29 is 4.42 Å². The molecule has 0 fully saturated rings. The number of hydrogen-bond donors (Lipinski definition) is 0. The molecule has 3 heterocycles. The van der Waals surface area contributed by atoms with Gasteiger partial charge in [0.25, 0.3) is 0 Å². The lowest BCUT2D eigenvalue weighted by molar-refractivity contribution is 0.670. The normalized spacial score (nSPS) is 11.9. The van der Waals surface area contributed by atoms with E-state index in [1.807, 2.05) is 17.4 Å². The van der Waals surface area contributed by atoms with Crippen molar-refractivity contribution in [3.05, 3.63) is 152 Å². The maximum Gasteiger partial charge on any atom is 0.143 e. The Morgan fingerprint density at radius 3 is 2.02 bits per heavy atom. The van der Waals surface area contributed by atoms with Crippen LogP contribution in [0, 0.1) is 0 Å².